The Balaban J connectivity index is 2.13. The minimum Gasteiger partial charge on any atom is -0.491 e. The van der Waals surface area contributed by atoms with E-state index < -0.39 is 17.4 Å². The van der Waals surface area contributed by atoms with Gasteiger partial charge in [0, 0.05) is 5.56 Å². The van der Waals surface area contributed by atoms with Gasteiger partial charge in [-0.2, -0.15) is 0 Å². The summed E-state index contributed by atoms with van der Waals surface area (Å²) in [6, 6.07) is 10.7. The lowest BCUT2D eigenvalue weighted by Crippen LogP contribution is -2.56. The maximum atomic E-state index is 12.3. The van der Waals surface area contributed by atoms with E-state index in [1.165, 1.54) is 20.3 Å². The van der Waals surface area contributed by atoms with Gasteiger partial charge in [0.2, 0.25) is 0 Å². The number of furan rings is 1. The van der Waals surface area contributed by atoms with Crippen molar-refractivity contribution in [3.8, 4) is 5.75 Å². The SMILES string of the molecule is COC(=O)[C@@](C)(COc1ccccc1)NC(=O)c1occc1C. The van der Waals surface area contributed by atoms with Crippen LogP contribution in [-0.4, -0.2) is 31.1 Å². The molecule has 1 aromatic heterocycles. The molecular weight excluding hydrogens is 298 g/mol. The van der Waals surface area contributed by atoms with Gasteiger partial charge in [0.25, 0.3) is 5.91 Å². The average molecular weight is 317 g/mol. The zero-order valence-corrected chi connectivity index (χ0v) is 13.3. The maximum Gasteiger partial charge on any atom is 0.334 e. The minimum absolute atomic E-state index is 0.0742. The summed E-state index contributed by atoms with van der Waals surface area (Å²) >= 11 is 0. The summed E-state index contributed by atoms with van der Waals surface area (Å²) in [6.45, 7) is 3.21. The zero-order chi connectivity index (χ0) is 16.9. The summed E-state index contributed by atoms with van der Waals surface area (Å²) in [4.78, 5) is 24.4. The lowest BCUT2D eigenvalue weighted by molar-refractivity contribution is -0.148. The molecule has 1 atom stereocenters. The molecule has 2 aromatic rings. The number of carbonyl (C=O) groups is 2. The van der Waals surface area contributed by atoms with Crippen LogP contribution in [0.5, 0.6) is 5.75 Å². The molecule has 1 N–H and O–H groups in total. The van der Waals surface area contributed by atoms with Crippen LogP contribution in [0.15, 0.2) is 47.1 Å². The first-order valence-corrected chi connectivity index (χ1v) is 7.09. The van der Waals surface area contributed by atoms with Crippen LogP contribution in [0.3, 0.4) is 0 Å². The number of benzene rings is 1. The number of amides is 1. The quantitative estimate of drug-likeness (QED) is 0.827. The van der Waals surface area contributed by atoms with Crippen LogP contribution in [0.25, 0.3) is 0 Å². The fourth-order valence-electron chi connectivity index (χ4n) is 2.03. The fraction of sp³-hybridized carbons (Fsp3) is 0.294. The molecule has 23 heavy (non-hydrogen) atoms. The molecule has 0 aliphatic heterocycles. The summed E-state index contributed by atoms with van der Waals surface area (Å²) in [5, 5.41) is 2.63. The Kier molecular flexibility index (Phi) is 5.05. The summed E-state index contributed by atoms with van der Waals surface area (Å²) < 4.78 is 15.5. The van der Waals surface area contributed by atoms with E-state index in [1.807, 2.05) is 18.2 Å². The van der Waals surface area contributed by atoms with E-state index in [-0.39, 0.29) is 12.4 Å². The van der Waals surface area contributed by atoms with E-state index in [0.717, 1.165) is 0 Å². The molecule has 0 fully saturated rings. The summed E-state index contributed by atoms with van der Waals surface area (Å²) in [7, 11) is 1.26. The van der Waals surface area contributed by atoms with Gasteiger partial charge in [-0.05, 0) is 32.0 Å². The van der Waals surface area contributed by atoms with Crippen molar-refractivity contribution >= 4 is 11.9 Å². The smallest absolute Gasteiger partial charge is 0.334 e. The van der Waals surface area contributed by atoms with Gasteiger partial charge >= 0.3 is 5.97 Å². The van der Waals surface area contributed by atoms with E-state index >= 15 is 0 Å². The molecular formula is C17H19NO5. The highest BCUT2D eigenvalue weighted by Crippen LogP contribution is 2.16. The number of esters is 1. The van der Waals surface area contributed by atoms with E-state index in [0.29, 0.717) is 11.3 Å². The molecule has 6 heteroatoms. The third-order valence-electron chi connectivity index (χ3n) is 3.36. The van der Waals surface area contributed by atoms with Crippen LogP contribution in [0.2, 0.25) is 0 Å². The van der Waals surface area contributed by atoms with Gasteiger partial charge in [0.1, 0.15) is 12.4 Å². The van der Waals surface area contributed by atoms with E-state index in [9.17, 15) is 9.59 Å². The second kappa shape index (κ2) is 7.00. The molecule has 1 amide bonds. The first kappa shape index (κ1) is 16.6. The van der Waals surface area contributed by atoms with Crippen molar-refractivity contribution in [2.75, 3.05) is 13.7 Å². The number of hydrogen-bond donors (Lipinski definition) is 1. The Bertz CT molecular complexity index is 679. The van der Waals surface area contributed by atoms with Crippen LogP contribution in [0, 0.1) is 6.92 Å². The fourth-order valence-corrected chi connectivity index (χ4v) is 2.03. The molecule has 6 nitrogen and oxygen atoms in total. The van der Waals surface area contributed by atoms with Crippen LogP contribution in [0.1, 0.15) is 23.0 Å². The van der Waals surface area contributed by atoms with Crippen molar-refractivity contribution in [2.24, 2.45) is 0 Å². The molecule has 0 spiro atoms. The molecule has 0 saturated carbocycles. The summed E-state index contributed by atoms with van der Waals surface area (Å²) in [5.41, 5.74) is -0.667. The predicted molar refractivity (Wildman–Crippen MR) is 83.3 cm³/mol. The van der Waals surface area contributed by atoms with E-state index in [2.05, 4.69) is 5.32 Å². The van der Waals surface area contributed by atoms with Gasteiger partial charge in [-0.15, -0.1) is 0 Å². The molecule has 2 rings (SSSR count). The molecule has 0 aliphatic rings. The number of carbonyl (C=O) groups excluding carboxylic acids is 2. The first-order chi connectivity index (χ1) is 11.0. The van der Waals surface area contributed by atoms with Crippen molar-refractivity contribution in [3.63, 3.8) is 0 Å². The number of nitrogens with one attached hydrogen (secondary N) is 1. The Hall–Kier alpha value is -2.76. The van der Waals surface area contributed by atoms with Crippen LogP contribution >= 0.6 is 0 Å². The highest BCUT2D eigenvalue weighted by Gasteiger charge is 2.38. The van der Waals surface area contributed by atoms with Gasteiger partial charge in [0.05, 0.1) is 13.4 Å². The second-order valence-corrected chi connectivity index (χ2v) is 5.31. The largest absolute Gasteiger partial charge is 0.491 e. The highest BCUT2D eigenvalue weighted by atomic mass is 16.5. The van der Waals surface area contributed by atoms with Gasteiger partial charge in [-0.25, -0.2) is 4.79 Å². The number of rotatable bonds is 6. The second-order valence-electron chi connectivity index (χ2n) is 5.31. The van der Waals surface area contributed by atoms with Crippen molar-refractivity contribution in [1.82, 2.24) is 5.32 Å². The average Bonchev–Trinajstić information content (AvgIpc) is 2.99. The molecule has 0 aliphatic carbocycles. The molecule has 0 saturated heterocycles. The van der Waals surface area contributed by atoms with Crippen LogP contribution in [0.4, 0.5) is 0 Å². The van der Waals surface area contributed by atoms with Crippen molar-refractivity contribution in [3.05, 3.63) is 54.0 Å². The standard InChI is InChI=1S/C17H19NO5/c1-12-9-10-22-14(12)15(19)18-17(2,16(20)21-3)11-23-13-7-5-4-6-8-13/h4-10H,11H2,1-3H3,(H,18,19)/t17-/m1/s1. The molecule has 0 radical (unpaired) electrons. The van der Waals surface area contributed by atoms with E-state index in [1.54, 1.807) is 25.1 Å². The van der Waals surface area contributed by atoms with E-state index in [4.69, 9.17) is 13.9 Å². The lowest BCUT2D eigenvalue weighted by atomic mass is 10.0. The Labute approximate surface area is 134 Å². The predicted octanol–water partition coefficient (Wildman–Crippen LogP) is 2.33. The third kappa shape index (κ3) is 3.91. The number of ether oxygens (including phenoxy) is 2. The number of methoxy groups -OCH3 is 1. The Morgan fingerprint density at radius 1 is 1.22 bits per heavy atom. The van der Waals surface area contributed by atoms with Crippen molar-refractivity contribution in [2.45, 2.75) is 19.4 Å². The van der Waals surface area contributed by atoms with Gasteiger partial charge in [0.15, 0.2) is 11.3 Å². The first-order valence-electron chi connectivity index (χ1n) is 7.09. The monoisotopic (exact) mass is 317 g/mol. The molecule has 122 valence electrons. The van der Waals surface area contributed by atoms with Crippen LogP contribution < -0.4 is 10.1 Å². The van der Waals surface area contributed by atoms with Crippen molar-refractivity contribution < 1.29 is 23.5 Å². The summed E-state index contributed by atoms with van der Waals surface area (Å²) in [5.74, 6) is -0.367. The minimum atomic E-state index is -1.35. The molecule has 1 heterocycles. The lowest BCUT2D eigenvalue weighted by Gasteiger charge is -2.27. The third-order valence-corrected chi connectivity index (χ3v) is 3.36. The highest BCUT2D eigenvalue weighted by molar-refractivity contribution is 5.97. The number of hydrogen-bond acceptors (Lipinski definition) is 5. The van der Waals surface area contributed by atoms with Gasteiger partial charge in [-0.1, -0.05) is 18.2 Å². The van der Waals surface area contributed by atoms with Gasteiger partial charge < -0.3 is 19.2 Å². The topological polar surface area (TPSA) is 77.8 Å². The molecule has 0 bridgehead atoms. The molecule has 0 unspecified atom stereocenters. The summed E-state index contributed by atoms with van der Waals surface area (Å²) in [6.07, 6.45) is 1.42. The Morgan fingerprint density at radius 2 is 1.91 bits per heavy atom. The maximum absolute atomic E-state index is 12.3. The normalized spacial score (nSPS) is 13.0. The molecule has 1 aromatic carbocycles. The van der Waals surface area contributed by atoms with Gasteiger partial charge in [-0.3, -0.25) is 4.79 Å². The van der Waals surface area contributed by atoms with Crippen molar-refractivity contribution in [1.29, 1.82) is 0 Å². The zero-order valence-electron chi connectivity index (χ0n) is 13.3. The number of aryl methyl sites for hydroxylation is 1. The van der Waals surface area contributed by atoms with Crippen LogP contribution in [-0.2, 0) is 9.53 Å². The Morgan fingerprint density at radius 3 is 2.48 bits per heavy atom. The number of para-hydroxylation sites is 1.